The Morgan fingerprint density at radius 3 is 2.57 bits per heavy atom. The Labute approximate surface area is 169 Å². The van der Waals surface area contributed by atoms with Crippen LogP contribution in [0.15, 0.2) is 21.2 Å². The molecule has 0 bridgehead atoms. The number of thiophene rings is 1. The fourth-order valence-corrected chi connectivity index (χ4v) is 3.88. The van der Waals surface area contributed by atoms with E-state index in [-0.39, 0.29) is 11.8 Å². The number of aryl methyl sites for hydroxylation is 1. The zero-order chi connectivity index (χ0) is 19.9. The van der Waals surface area contributed by atoms with Crippen LogP contribution in [0, 0.1) is 0 Å². The lowest BCUT2D eigenvalue weighted by molar-refractivity contribution is -0.135. The first kappa shape index (κ1) is 20.5. The lowest BCUT2D eigenvalue weighted by Gasteiger charge is -2.35. The molecular weight excluding hydrogens is 378 g/mol. The van der Waals surface area contributed by atoms with Crippen molar-refractivity contribution in [3.63, 3.8) is 0 Å². The van der Waals surface area contributed by atoms with Gasteiger partial charge >= 0.3 is 0 Å². The molecule has 1 aliphatic rings. The Bertz CT molecular complexity index is 764. The summed E-state index contributed by atoms with van der Waals surface area (Å²) >= 11 is 1.57. The Morgan fingerprint density at radius 1 is 1.18 bits per heavy atom. The maximum atomic E-state index is 12.5. The Kier molecular flexibility index (Phi) is 7.16. The van der Waals surface area contributed by atoms with E-state index in [9.17, 15) is 9.59 Å². The number of aromatic nitrogens is 2. The molecule has 0 saturated carbocycles. The average Bonchev–Trinajstić information content (AvgIpc) is 3.39. The van der Waals surface area contributed by atoms with Crippen LogP contribution in [0.2, 0.25) is 0 Å². The van der Waals surface area contributed by atoms with Crippen molar-refractivity contribution in [1.29, 1.82) is 0 Å². The van der Waals surface area contributed by atoms with Gasteiger partial charge in [-0.1, -0.05) is 0 Å². The Hall–Kier alpha value is -2.26. The molecule has 0 aromatic carbocycles. The van der Waals surface area contributed by atoms with Crippen molar-refractivity contribution in [2.45, 2.75) is 26.7 Å². The second-order valence-corrected chi connectivity index (χ2v) is 7.52. The monoisotopic (exact) mass is 405 g/mol. The van der Waals surface area contributed by atoms with Crippen LogP contribution in [-0.4, -0.2) is 82.5 Å². The van der Waals surface area contributed by atoms with Crippen LogP contribution >= 0.6 is 11.3 Å². The number of likely N-dealkylation sites (N-methyl/N-ethyl adjacent to an activating group) is 1. The summed E-state index contributed by atoms with van der Waals surface area (Å²) in [5.41, 5.74) is 0.908. The molecular formula is C19H27N5O3S. The highest BCUT2D eigenvalue weighted by Crippen LogP contribution is 2.21. The second-order valence-electron chi connectivity index (χ2n) is 6.74. The van der Waals surface area contributed by atoms with Crippen molar-refractivity contribution in [2.24, 2.45) is 0 Å². The van der Waals surface area contributed by atoms with Crippen LogP contribution in [0.1, 0.15) is 26.2 Å². The maximum absolute atomic E-state index is 12.5. The van der Waals surface area contributed by atoms with Gasteiger partial charge in [0.2, 0.25) is 23.6 Å². The molecule has 0 radical (unpaired) electrons. The van der Waals surface area contributed by atoms with E-state index in [4.69, 9.17) is 4.42 Å². The number of carbonyl (C=O) groups is 2. The summed E-state index contributed by atoms with van der Waals surface area (Å²) in [5, 5.41) is 12.0. The van der Waals surface area contributed by atoms with Gasteiger partial charge in [-0.05, 0) is 25.3 Å². The maximum Gasteiger partial charge on any atom is 0.248 e. The van der Waals surface area contributed by atoms with E-state index in [0.29, 0.717) is 44.3 Å². The lowest BCUT2D eigenvalue weighted by Crippen LogP contribution is -2.51. The van der Waals surface area contributed by atoms with Gasteiger partial charge < -0.3 is 14.2 Å². The van der Waals surface area contributed by atoms with Crippen LogP contribution in [-0.2, 0) is 16.0 Å². The minimum Gasteiger partial charge on any atom is -0.421 e. The average molecular weight is 406 g/mol. The van der Waals surface area contributed by atoms with Crippen molar-refractivity contribution < 1.29 is 14.0 Å². The highest BCUT2D eigenvalue weighted by Gasteiger charge is 2.23. The van der Waals surface area contributed by atoms with E-state index in [2.05, 4.69) is 15.1 Å². The number of rotatable bonds is 8. The van der Waals surface area contributed by atoms with Crippen LogP contribution in [0.3, 0.4) is 0 Å². The molecule has 0 N–H and O–H groups in total. The largest absolute Gasteiger partial charge is 0.421 e. The third kappa shape index (κ3) is 5.17. The fraction of sp³-hybridized carbons (Fsp3) is 0.579. The number of hydrogen-bond acceptors (Lipinski definition) is 7. The summed E-state index contributed by atoms with van der Waals surface area (Å²) in [6, 6.07) is 1.93. The number of nitrogens with zero attached hydrogens (tertiary/aromatic N) is 5. The summed E-state index contributed by atoms with van der Waals surface area (Å²) in [4.78, 5) is 30.5. The molecule has 0 aliphatic carbocycles. The fourth-order valence-electron chi connectivity index (χ4n) is 3.25. The van der Waals surface area contributed by atoms with Gasteiger partial charge in [-0.2, -0.15) is 11.3 Å². The molecule has 0 spiro atoms. The lowest BCUT2D eigenvalue weighted by atomic mass is 10.2. The van der Waals surface area contributed by atoms with Gasteiger partial charge in [0.05, 0.1) is 6.54 Å². The van der Waals surface area contributed by atoms with Crippen LogP contribution < -0.4 is 0 Å². The zero-order valence-corrected chi connectivity index (χ0v) is 17.3. The molecule has 2 aromatic rings. The molecule has 3 rings (SSSR count). The number of carbonyl (C=O) groups excluding carboxylic acids is 2. The van der Waals surface area contributed by atoms with E-state index in [1.165, 1.54) is 0 Å². The van der Waals surface area contributed by atoms with E-state index < -0.39 is 0 Å². The van der Waals surface area contributed by atoms with Crippen molar-refractivity contribution in [1.82, 2.24) is 24.9 Å². The first-order chi connectivity index (χ1) is 13.6. The highest BCUT2D eigenvalue weighted by atomic mass is 32.1. The van der Waals surface area contributed by atoms with E-state index in [0.717, 1.165) is 31.7 Å². The molecule has 2 aromatic heterocycles. The predicted octanol–water partition coefficient (Wildman–Crippen LogP) is 1.74. The predicted molar refractivity (Wildman–Crippen MR) is 107 cm³/mol. The summed E-state index contributed by atoms with van der Waals surface area (Å²) in [7, 11) is 0. The van der Waals surface area contributed by atoms with Gasteiger partial charge in [-0.15, -0.1) is 10.2 Å². The standard InChI is InChI=1S/C19H27N5O3S/c1-3-23(4-2)18(26)13-22-8-10-24(11-9-22)17(25)6-5-16-20-21-19(27-16)15-7-12-28-14-15/h7,12,14H,3-6,8-11,13H2,1-2H3. The molecule has 9 heteroatoms. The van der Waals surface area contributed by atoms with Crippen LogP contribution in [0.25, 0.3) is 11.5 Å². The van der Waals surface area contributed by atoms with Gasteiger partial charge in [0.25, 0.3) is 0 Å². The Balaban J connectivity index is 1.41. The third-order valence-corrected chi connectivity index (χ3v) is 5.67. The number of piperazine rings is 1. The van der Waals surface area contributed by atoms with Gasteiger partial charge in [0.1, 0.15) is 0 Å². The molecule has 1 saturated heterocycles. The molecule has 3 heterocycles. The summed E-state index contributed by atoms with van der Waals surface area (Å²) in [6.07, 6.45) is 0.792. The first-order valence-corrected chi connectivity index (χ1v) is 10.7. The van der Waals surface area contributed by atoms with E-state index >= 15 is 0 Å². The quantitative estimate of drug-likeness (QED) is 0.665. The molecule has 0 atom stereocenters. The minimum absolute atomic E-state index is 0.0880. The van der Waals surface area contributed by atoms with Gasteiger partial charge in [0.15, 0.2) is 0 Å². The van der Waals surface area contributed by atoms with Gasteiger partial charge in [-0.3, -0.25) is 14.5 Å². The van der Waals surface area contributed by atoms with Gasteiger partial charge in [0, 0.05) is 63.1 Å². The molecule has 2 amide bonds. The summed E-state index contributed by atoms with van der Waals surface area (Å²) in [6.45, 7) is 8.62. The first-order valence-electron chi connectivity index (χ1n) is 9.73. The molecule has 1 aliphatic heterocycles. The van der Waals surface area contributed by atoms with Gasteiger partial charge in [-0.25, -0.2) is 0 Å². The minimum atomic E-state index is 0.0880. The van der Waals surface area contributed by atoms with Crippen molar-refractivity contribution in [3.05, 3.63) is 22.7 Å². The van der Waals surface area contributed by atoms with E-state index in [1.807, 2.05) is 40.5 Å². The number of hydrogen-bond donors (Lipinski definition) is 0. The smallest absolute Gasteiger partial charge is 0.248 e. The van der Waals surface area contributed by atoms with Crippen molar-refractivity contribution in [2.75, 3.05) is 45.8 Å². The SMILES string of the molecule is CCN(CC)C(=O)CN1CCN(C(=O)CCc2nnc(-c3ccsc3)o2)CC1. The summed E-state index contributed by atoms with van der Waals surface area (Å²) in [5.74, 6) is 1.22. The van der Waals surface area contributed by atoms with Crippen LogP contribution in [0.5, 0.6) is 0 Å². The summed E-state index contributed by atoms with van der Waals surface area (Å²) < 4.78 is 5.63. The highest BCUT2D eigenvalue weighted by molar-refractivity contribution is 7.08. The van der Waals surface area contributed by atoms with Crippen molar-refractivity contribution in [3.8, 4) is 11.5 Å². The second kappa shape index (κ2) is 9.79. The zero-order valence-electron chi connectivity index (χ0n) is 16.5. The third-order valence-electron chi connectivity index (χ3n) is 4.99. The molecule has 28 heavy (non-hydrogen) atoms. The van der Waals surface area contributed by atoms with E-state index in [1.54, 1.807) is 11.3 Å². The normalized spacial score (nSPS) is 15.0. The van der Waals surface area contributed by atoms with Crippen molar-refractivity contribution >= 4 is 23.2 Å². The number of amides is 2. The Morgan fingerprint density at radius 2 is 1.93 bits per heavy atom. The molecule has 0 unspecified atom stereocenters. The topological polar surface area (TPSA) is 82.8 Å². The molecule has 8 nitrogen and oxygen atoms in total. The molecule has 1 fully saturated rings. The van der Waals surface area contributed by atoms with Crippen LogP contribution in [0.4, 0.5) is 0 Å². The molecule has 152 valence electrons.